The summed E-state index contributed by atoms with van der Waals surface area (Å²) in [4.78, 5) is 18.9. The first kappa shape index (κ1) is 18.1. The van der Waals surface area contributed by atoms with E-state index in [0.29, 0.717) is 24.3 Å². The van der Waals surface area contributed by atoms with Crippen LogP contribution in [-0.2, 0) is 4.74 Å². The summed E-state index contributed by atoms with van der Waals surface area (Å²) in [5.74, 6) is -0.437. The minimum Gasteiger partial charge on any atom is -0.372 e. The molecule has 0 N–H and O–H groups in total. The van der Waals surface area contributed by atoms with Gasteiger partial charge in [0.15, 0.2) is 0 Å². The van der Waals surface area contributed by atoms with Crippen molar-refractivity contribution in [2.75, 3.05) is 50.7 Å². The van der Waals surface area contributed by atoms with Crippen molar-refractivity contribution in [2.45, 2.75) is 33.0 Å². The van der Waals surface area contributed by atoms with Gasteiger partial charge < -0.3 is 19.4 Å². The van der Waals surface area contributed by atoms with Crippen LogP contribution in [0.3, 0.4) is 0 Å². The molecule has 6 heteroatoms. The molecular weight excluding hydrogens is 321 g/mol. The van der Waals surface area contributed by atoms with Crippen LogP contribution in [0.4, 0.5) is 10.1 Å². The van der Waals surface area contributed by atoms with Crippen molar-refractivity contribution >= 4 is 11.6 Å². The number of hydrogen-bond donors (Lipinski definition) is 0. The molecule has 0 bridgehead atoms. The third-order valence-corrected chi connectivity index (χ3v) is 5.06. The number of morpholine rings is 1. The molecule has 2 atom stereocenters. The Balaban J connectivity index is 1.70. The Labute approximate surface area is 149 Å². The van der Waals surface area contributed by atoms with Gasteiger partial charge in [-0.15, -0.1) is 0 Å². The molecule has 0 unspecified atom stereocenters. The molecule has 5 nitrogen and oxygen atoms in total. The van der Waals surface area contributed by atoms with Crippen molar-refractivity contribution in [2.24, 2.45) is 0 Å². The lowest BCUT2D eigenvalue weighted by molar-refractivity contribution is -0.0586. The average Bonchev–Trinajstić information content (AvgIpc) is 2.60. The number of rotatable bonds is 3. The number of likely N-dealkylation sites (N-methyl/N-ethyl adjacent to an activating group) is 1. The number of carbonyl (C=O) groups is 1. The molecule has 0 aliphatic carbocycles. The van der Waals surface area contributed by atoms with E-state index in [2.05, 4.69) is 16.7 Å². The number of piperazine rings is 1. The Hall–Kier alpha value is -1.66. The van der Waals surface area contributed by atoms with Crippen LogP contribution in [0.25, 0.3) is 0 Å². The van der Waals surface area contributed by atoms with Crippen molar-refractivity contribution in [1.82, 2.24) is 9.80 Å². The maximum atomic E-state index is 14.6. The van der Waals surface area contributed by atoms with Gasteiger partial charge in [-0.3, -0.25) is 4.79 Å². The topological polar surface area (TPSA) is 36.0 Å². The summed E-state index contributed by atoms with van der Waals surface area (Å²) < 4.78 is 20.3. The molecular formula is C19H28FN3O2. The van der Waals surface area contributed by atoms with Gasteiger partial charge >= 0.3 is 0 Å². The highest BCUT2D eigenvalue weighted by Crippen LogP contribution is 2.23. The third-order valence-electron chi connectivity index (χ3n) is 5.06. The molecule has 2 saturated heterocycles. The average molecular weight is 349 g/mol. The zero-order valence-corrected chi connectivity index (χ0v) is 15.4. The molecule has 3 rings (SSSR count). The lowest BCUT2D eigenvalue weighted by Crippen LogP contribution is -2.48. The molecule has 0 spiro atoms. The largest absolute Gasteiger partial charge is 0.372 e. The normalized spacial score (nSPS) is 25.3. The monoisotopic (exact) mass is 349 g/mol. The number of amides is 1. The van der Waals surface area contributed by atoms with Crippen molar-refractivity contribution in [1.29, 1.82) is 0 Å². The molecule has 25 heavy (non-hydrogen) atoms. The molecule has 2 fully saturated rings. The highest BCUT2D eigenvalue weighted by molar-refractivity contribution is 5.94. The summed E-state index contributed by atoms with van der Waals surface area (Å²) in [7, 11) is 0. The van der Waals surface area contributed by atoms with Gasteiger partial charge in [-0.25, -0.2) is 4.39 Å². The molecule has 138 valence electrons. The van der Waals surface area contributed by atoms with Crippen molar-refractivity contribution in [3.63, 3.8) is 0 Å². The quantitative estimate of drug-likeness (QED) is 0.838. The van der Waals surface area contributed by atoms with Crippen LogP contribution in [0, 0.1) is 5.82 Å². The van der Waals surface area contributed by atoms with E-state index in [1.54, 1.807) is 17.0 Å². The smallest absolute Gasteiger partial charge is 0.254 e. The molecule has 1 aromatic carbocycles. The second-order valence-electron chi connectivity index (χ2n) is 7.05. The van der Waals surface area contributed by atoms with E-state index in [4.69, 9.17) is 4.74 Å². The number of halogens is 1. The summed E-state index contributed by atoms with van der Waals surface area (Å²) in [6.07, 6.45) is 0.0124. The predicted octanol–water partition coefficient (Wildman–Crippen LogP) is 2.22. The Morgan fingerprint density at radius 3 is 2.36 bits per heavy atom. The number of ether oxygens (including phenoxy) is 1. The van der Waals surface area contributed by atoms with E-state index >= 15 is 0 Å². The van der Waals surface area contributed by atoms with Crippen LogP contribution in [0.15, 0.2) is 18.2 Å². The maximum Gasteiger partial charge on any atom is 0.254 e. The van der Waals surface area contributed by atoms with E-state index in [1.807, 2.05) is 13.8 Å². The van der Waals surface area contributed by atoms with Gasteiger partial charge in [0.2, 0.25) is 0 Å². The van der Waals surface area contributed by atoms with Crippen LogP contribution in [-0.4, -0.2) is 73.7 Å². The molecule has 2 aliphatic heterocycles. The lowest BCUT2D eigenvalue weighted by atomic mass is 10.1. The minimum absolute atomic E-state index is 0.00619. The zero-order chi connectivity index (χ0) is 18.0. The summed E-state index contributed by atoms with van der Waals surface area (Å²) in [6, 6.07) is 4.88. The fourth-order valence-electron chi connectivity index (χ4n) is 3.73. The Kier molecular flexibility index (Phi) is 5.59. The highest BCUT2D eigenvalue weighted by atomic mass is 19.1. The van der Waals surface area contributed by atoms with Crippen LogP contribution in [0.5, 0.6) is 0 Å². The molecule has 1 aromatic rings. The van der Waals surface area contributed by atoms with Crippen LogP contribution < -0.4 is 4.90 Å². The number of carbonyl (C=O) groups excluding carboxylic acids is 1. The fraction of sp³-hybridized carbons (Fsp3) is 0.632. The molecule has 0 saturated carbocycles. The van der Waals surface area contributed by atoms with Gasteiger partial charge in [-0.1, -0.05) is 6.92 Å². The van der Waals surface area contributed by atoms with E-state index in [0.717, 1.165) is 32.7 Å². The SMILES string of the molecule is CCN1CCN(c2ccc(C(=O)N3C[C@@H](C)O[C@H](C)C3)cc2F)CC1. The van der Waals surface area contributed by atoms with Crippen molar-refractivity contribution in [3.05, 3.63) is 29.6 Å². The second kappa shape index (κ2) is 7.70. The first-order valence-corrected chi connectivity index (χ1v) is 9.19. The standard InChI is InChI=1S/C19H28FN3O2/c1-4-21-7-9-22(10-8-21)18-6-5-16(11-17(18)20)19(24)23-12-14(2)25-15(3)13-23/h5-6,11,14-15H,4,7-10,12-13H2,1-3H3/t14-,15-/m1/s1. The molecule has 2 aliphatic rings. The van der Waals surface area contributed by atoms with Crippen LogP contribution in [0.2, 0.25) is 0 Å². The fourth-order valence-corrected chi connectivity index (χ4v) is 3.73. The first-order valence-electron chi connectivity index (χ1n) is 9.19. The number of anilines is 1. The molecule has 0 radical (unpaired) electrons. The zero-order valence-electron chi connectivity index (χ0n) is 15.4. The Bertz CT molecular complexity index is 607. The minimum atomic E-state index is -0.315. The summed E-state index contributed by atoms with van der Waals surface area (Å²) >= 11 is 0. The van der Waals surface area contributed by atoms with Gasteiger partial charge in [-0.2, -0.15) is 0 Å². The van der Waals surface area contributed by atoms with Crippen LogP contribution >= 0.6 is 0 Å². The highest BCUT2D eigenvalue weighted by Gasteiger charge is 2.27. The van der Waals surface area contributed by atoms with Gasteiger partial charge in [0.25, 0.3) is 5.91 Å². The number of benzene rings is 1. The maximum absolute atomic E-state index is 14.6. The lowest BCUT2D eigenvalue weighted by Gasteiger charge is -2.36. The molecule has 1 amide bonds. The van der Waals surface area contributed by atoms with E-state index < -0.39 is 0 Å². The third kappa shape index (κ3) is 4.12. The molecule has 2 heterocycles. The van der Waals surface area contributed by atoms with Gasteiger partial charge in [0.05, 0.1) is 17.9 Å². The second-order valence-corrected chi connectivity index (χ2v) is 7.05. The van der Waals surface area contributed by atoms with Gasteiger partial charge in [-0.05, 0) is 38.6 Å². The predicted molar refractivity (Wildman–Crippen MR) is 96.6 cm³/mol. The Morgan fingerprint density at radius 2 is 1.80 bits per heavy atom. The van der Waals surface area contributed by atoms with Crippen LogP contribution in [0.1, 0.15) is 31.1 Å². The van der Waals surface area contributed by atoms with Gasteiger partial charge in [0.1, 0.15) is 5.82 Å². The number of hydrogen-bond acceptors (Lipinski definition) is 4. The summed E-state index contributed by atoms with van der Waals surface area (Å²) in [5, 5.41) is 0. The van der Waals surface area contributed by atoms with Crippen molar-refractivity contribution < 1.29 is 13.9 Å². The summed E-state index contributed by atoms with van der Waals surface area (Å²) in [6.45, 7) is 11.7. The van der Waals surface area contributed by atoms with E-state index in [-0.39, 0.29) is 23.9 Å². The van der Waals surface area contributed by atoms with Crippen molar-refractivity contribution in [3.8, 4) is 0 Å². The number of nitrogens with zero attached hydrogens (tertiary/aromatic N) is 3. The van der Waals surface area contributed by atoms with E-state index in [1.165, 1.54) is 6.07 Å². The van der Waals surface area contributed by atoms with Gasteiger partial charge in [0, 0.05) is 44.8 Å². The molecule has 0 aromatic heterocycles. The Morgan fingerprint density at radius 1 is 1.16 bits per heavy atom. The van der Waals surface area contributed by atoms with E-state index in [9.17, 15) is 9.18 Å². The first-order chi connectivity index (χ1) is 12.0. The summed E-state index contributed by atoms with van der Waals surface area (Å²) in [5.41, 5.74) is 1.01.